The Morgan fingerprint density at radius 2 is 1.94 bits per heavy atom. The summed E-state index contributed by atoms with van der Waals surface area (Å²) in [4.78, 5) is 26.2. The zero-order chi connectivity index (χ0) is 23.2. The molecule has 1 aliphatic heterocycles. The van der Waals surface area contributed by atoms with E-state index in [-0.39, 0.29) is 34.2 Å². The zero-order valence-electron chi connectivity index (χ0n) is 17.5. The van der Waals surface area contributed by atoms with Crippen molar-refractivity contribution in [2.24, 2.45) is 5.92 Å². The summed E-state index contributed by atoms with van der Waals surface area (Å²) in [6.45, 7) is 3.21. The van der Waals surface area contributed by atoms with Crippen LogP contribution < -0.4 is 15.6 Å². The summed E-state index contributed by atoms with van der Waals surface area (Å²) in [5.41, 5.74) is -1.54. The van der Waals surface area contributed by atoms with Gasteiger partial charge in [0.2, 0.25) is 5.43 Å². The fraction of sp³-hybridized carbons (Fsp3) is 0.304. The van der Waals surface area contributed by atoms with Gasteiger partial charge in [-0.05, 0) is 50.6 Å². The van der Waals surface area contributed by atoms with Gasteiger partial charge in [-0.1, -0.05) is 6.07 Å². The molecular formula is C23H22F3N3O3. The first-order chi connectivity index (χ1) is 15.2. The lowest BCUT2D eigenvalue weighted by Gasteiger charge is -2.23. The number of halogens is 3. The maximum atomic E-state index is 15.1. The minimum Gasteiger partial charge on any atom is -0.477 e. The Labute approximate surface area is 181 Å². The summed E-state index contributed by atoms with van der Waals surface area (Å²) in [5, 5.41) is 12.4. The first-order valence-electron chi connectivity index (χ1n) is 10.2. The molecular weight excluding hydrogens is 423 g/mol. The monoisotopic (exact) mass is 445 g/mol. The molecule has 2 aromatic carbocycles. The number of hydrogen-bond donors (Lipinski definition) is 2. The number of carboxylic acid groups (broad SMARTS) is 1. The molecule has 2 atom stereocenters. The first kappa shape index (κ1) is 21.9. The molecule has 168 valence electrons. The SMILES string of the molecule is CNC(C)C1CCN(c2cc3c(cc2F)c(=O)c(C(=O)O)cn3-c2cccc(F)c2F)C1. The van der Waals surface area contributed by atoms with Crippen molar-refractivity contribution < 1.29 is 23.1 Å². The van der Waals surface area contributed by atoms with Crippen LogP contribution in [0.1, 0.15) is 23.7 Å². The van der Waals surface area contributed by atoms with E-state index in [9.17, 15) is 23.5 Å². The molecule has 4 rings (SSSR count). The summed E-state index contributed by atoms with van der Waals surface area (Å²) in [6, 6.07) is 6.06. The van der Waals surface area contributed by atoms with Gasteiger partial charge in [-0.3, -0.25) is 4.79 Å². The number of fused-ring (bicyclic) bond motifs is 1. The smallest absolute Gasteiger partial charge is 0.341 e. The fourth-order valence-corrected chi connectivity index (χ4v) is 4.26. The van der Waals surface area contributed by atoms with Crippen molar-refractivity contribution in [1.82, 2.24) is 9.88 Å². The second kappa shape index (κ2) is 8.31. The number of aromatic carboxylic acids is 1. The summed E-state index contributed by atoms with van der Waals surface area (Å²) < 4.78 is 44.7. The summed E-state index contributed by atoms with van der Waals surface area (Å²) in [5.74, 6) is -4.27. The number of aromatic nitrogens is 1. The van der Waals surface area contributed by atoms with E-state index in [1.54, 1.807) is 0 Å². The molecule has 1 fully saturated rings. The lowest BCUT2D eigenvalue weighted by atomic mass is 10.0. The van der Waals surface area contributed by atoms with E-state index in [1.165, 1.54) is 18.2 Å². The molecule has 0 spiro atoms. The molecule has 6 nitrogen and oxygen atoms in total. The van der Waals surface area contributed by atoms with Crippen molar-refractivity contribution in [3.05, 3.63) is 69.8 Å². The van der Waals surface area contributed by atoms with Gasteiger partial charge in [0.1, 0.15) is 11.4 Å². The molecule has 2 heterocycles. The van der Waals surface area contributed by atoms with Crippen LogP contribution >= 0.6 is 0 Å². The Morgan fingerprint density at radius 1 is 1.19 bits per heavy atom. The third-order valence-electron chi connectivity index (χ3n) is 6.22. The Morgan fingerprint density at radius 3 is 2.62 bits per heavy atom. The maximum absolute atomic E-state index is 15.1. The lowest BCUT2D eigenvalue weighted by molar-refractivity contribution is 0.0695. The van der Waals surface area contributed by atoms with Crippen molar-refractivity contribution >= 4 is 22.6 Å². The van der Waals surface area contributed by atoms with Crippen LogP contribution in [0, 0.1) is 23.4 Å². The van der Waals surface area contributed by atoms with Crippen LogP contribution in [-0.2, 0) is 0 Å². The Kier molecular flexibility index (Phi) is 5.68. The molecule has 1 aliphatic rings. The number of benzene rings is 2. The Hall–Kier alpha value is -3.33. The largest absolute Gasteiger partial charge is 0.477 e. The molecule has 0 aliphatic carbocycles. The number of carbonyl (C=O) groups is 1. The van der Waals surface area contributed by atoms with Crippen molar-refractivity contribution in [2.75, 3.05) is 25.0 Å². The highest BCUT2D eigenvalue weighted by Gasteiger charge is 2.29. The first-order valence-corrected chi connectivity index (χ1v) is 10.2. The van der Waals surface area contributed by atoms with Gasteiger partial charge in [0.15, 0.2) is 11.6 Å². The molecule has 0 saturated carbocycles. The lowest BCUT2D eigenvalue weighted by Crippen LogP contribution is -2.32. The predicted octanol–water partition coefficient (Wildman–Crippen LogP) is 3.54. The number of carboxylic acids is 1. The van der Waals surface area contributed by atoms with Crippen molar-refractivity contribution in [3.8, 4) is 5.69 Å². The van der Waals surface area contributed by atoms with Crippen LogP contribution in [0.25, 0.3) is 16.6 Å². The average molecular weight is 445 g/mol. The standard InChI is InChI=1S/C23H22F3N3O3/c1-12(27-2)13-6-7-28(10-13)20-9-19-14(8-17(20)25)22(30)15(23(31)32)11-29(19)18-5-3-4-16(24)21(18)26/h3-5,8-9,11-13,27H,6-7,10H2,1-2H3,(H,31,32). The van der Waals surface area contributed by atoms with Gasteiger partial charge in [0, 0.05) is 30.7 Å². The highest BCUT2D eigenvalue weighted by atomic mass is 19.2. The van der Waals surface area contributed by atoms with Gasteiger partial charge in [-0.15, -0.1) is 0 Å². The van der Waals surface area contributed by atoms with Gasteiger partial charge in [0.25, 0.3) is 0 Å². The third kappa shape index (κ3) is 3.62. The summed E-state index contributed by atoms with van der Waals surface area (Å²) in [6.07, 6.45) is 1.78. The minimum absolute atomic E-state index is 0.0889. The minimum atomic E-state index is -1.55. The topological polar surface area (TPSA) is 74.6 Å². The normalized spacial score (nSPS) is 17.2. The zero-order valence-corrected chi connectivity index (χ0v) is 17.5. The second-order valence-corrected chi connectivity index (χ2v) is 8.01. The van der Waals surface area contributed by atoms with E-state index in [1.807, 2.05) is 18.9 Å². The highest BCUT2D eigenvalue weighted by Crippen LogP contribution is 2.32. The van der Waals surface area contributed by atoms with Crippen LogP contribution in [-0.4, -0.2) is 41.8 Å². The number of pyridine rings is 1. The number of nitrogens with zero attached hydrogens (tertiary/aromatic N) is 2. The van der Waals surface area contributed by atoms with Crippen LogP contribution in [0.4, 0.5) is 18.9 Å². The van der Waals surface area contributed by atoms with Crippen molar-refractivity contribution in [1.29, 1.82) is 0 Å². The molecule has 0 bridgehead atoms. The summed E-state index contributed by atoms with van der Waals surface area (Å²) in [7, 11) is 1.86. The maximum Gasteiger partial charge on any atom is 0.341 e. The van der Waals surface area contributed by atoms with Crippen LogP contribution in [0.3, 0.4) is 0 Å². The van der Waals surface area contributed by atoms with E-state index in [4.69, 9.17) is 0 Å². The molecule has 2 unspecified atom stereocenters. The Bertz CT molecular complexity index is 1270. The molecule has 9 heteroatoms. The van der Waals surface area contributed by atoms with Gasteiger partial charge in [-0.25, -0.2) is 18.0 Å². The van der Waals surface area contributed by atoms with Crippen molar-refractivity contribution in [2.45, 2.75) is 19.4 Å². The molecule has 3 aromatic rings. The second-order valence-electron chi connectivity index (χ2n) is 8.01. The molecule has 2 N–H and O–H groups in total. The van der Waals surface area contributed by atoms with E-state index in [0.717, 1.165) is 29.3 Å². The highest BCUT2D eigenvalue weighted by molar-refractivity contribution is 5.94. The predicted molar refractivity (Wildman–Crippen MR) is 115 cm³/mol. The van der Waals surface area contributed by atoms with Gasteiger partial charge < -0.3 is 19.9 Å². The molecule has 1 saturated heterocycles. The van der Waals surface area contributed by atoms with Crippen LogP contribution in [0.5, 0.6) is 0 Å². The van der Waals surface area contributed by atoms with E-state index < -0.39 is 34.4 Å². The van der Waals surface area contributed by atoms with Gasteiger partial charge in [-0.2, -0.15) is 0 Å². The fourth-order valence-electron chi connectivity index (χ4n) is 4.26. The number of anilines is 1. The molecule has 0 radical (unpaired) electrons. The van der Waals surface area contributed by atoms with E-state index in [2.05, 4.69) is 5.32 Å². The third-order valence-corrected chi connectivity index (χ3v) is 6.22. The average Bonchev–Trinajstić information content (AvgIpc) is 3.25. The molecule has 32 heavy (non-hydrogen) atoms. The quantitative estimate of drug-likeness (QED) is 0.629. The van der Waals surface area contributed by atoms with Gasteiger partial charge >= 0.3 is 5.97 Å². The van der Waals surface area contributed by atoms with E-state index in [0.29, 0.717) is 13.1 Å². The Balaban J connectivity index is 1.95. The molecule has 1 aromatic heterocycles. The number of rotatable bonds is 5. The molecule has 0 amide bonds. The number of hydrogen-bond acceptors (Lipinski definition) is 4. The van der Waals surface area contributed by atoms with Crippen molar-refractivity contribution in [3.63, 3.8) is 0 Å². The number of nitrogens with one attached hydrogen (secondary N) is 1. The summed E-state index contributed by atoms with van der Waals surface area (Å²) >= 11 is 0. The van der Waals surface area contributed by atoms with Crippen LogP contribution in [0.15, 0.2) is 41.3 Å². The van der Waals surface area contributed by atoms with E-state index >= 15 is 4.39 Å². The van der Waals surface area contributed by atoms with Gasteiger partial charge in [0.05, 0.1) is 16.9 Å². The van der Waals surface area contributed by atoms with Crippen LogP contribution in [0.2, 0.25) is 0 Å².